The largest absolute Gasteiger partial charge is 0.352 e. The molecule has 128 valence electrons. The standard InChI is InChI=1S/C16H24N2O4S/c1-10-5-6-11-15(2,3)16(11,13(10)20)8-23-9-17-7-12(19)18(22-4)14(17)21/h10-11H,5-9H2,1-4H3. The van der Waals surface area contributed by atoms with Gasteiger partial charge in [0.1, 0.15) is 12.3 Å². The van der Waals surface area contributed by atoms with E-state index in [9.17, 15) is 14.4 Å². The Labute approximate surface area is 140 Å². The van der Waals surface area contributed by atoms with Gasteiger partial charge in [-0.15, -0.1) is 16.8 Å². The summed E-state index contributed by atoms with van der Waals surface area (Å²) < 4.78 is 0. The lowest BCUT2D eigenvalue weighted by molar-refractivity contribution is -0.153. The van der Waals surface area contributed by atoms with Crippen LogP contribution in [0.3, 0.4) is 0 Å². The molecule has 6 nitrogen and oxygen atoms in total. The van der Waals surface area contributed by atoms with Crippen molar-refractivity contribution in [2.75, 3.05) is 25.3 Å². The van der Waals surface area contributed by atoms with Gasteiger partial charge in [-0.1, -0.05) is 20.8 Å². The van der Waals surface area contributed by atoms with Crippen LogP contribution in [0.5, 0.6) is 0 Å². The van der Waals surface area contributed by atoms with Gasteiger partial charge in [0, 0.05) is 17.1 Å². The number of hydroxylamine groups is 2. The van der Waals surface area contributed by atoms with E-state index in [2.05, 4.69) is 13.8 Å². The molecule has 2 aliphatic carbocycles. The topological polar surface area (TPSA) is 66.9 Å². The van der Waals surface area contributed by atoms with E-state index < -0.39 is 6.03 Å². The summed E-state index contributed by atoms with van der Waals surface area (Å²) >= 11 is 1.57. The van der Waals surface area contributed by atoms with Crippen LogP contribution in [0.1, 0.15) is 33.6 Å². The quantitative estimate of drug-likeness (QED) is 0.717. The predicted octanol–water partition coefficient (Wildman–Crippen LogP) is 2.14. The summed E-state index contributed by atoms with van der Waals surface area (Å²) in [6.45, 7) is 6.44. The van der Waals surface area contributed by atoms with E-state index in [4.69, 9.17) is 4.84 Å². The number of ketones is 1. The number of rotatable bonds is 5. The lowest BCUT2D eigenvalue weighted by Gasteiger charge is -2.27. The van der Waals surface area contributed by atoms with E-state index in [0.29, 0.717) is 17.6 Å². The summed E-state index contributed by atoms with van der Waals surface area (Å²) in [5.74, 6) is 1.76. The Balaban J connectivity index is 1.62. The van der Waals surface area contributed by atoms with Crippen LogP contribution in [-0.2, 0) is 14.4 Å². The number of hydrogen-bond donors (Lipinski definition) is 0. The van der Waals surface area contributed by atoms with Crippen molar-refractivity contribution in [2.24, 2.45) is 22.7 Å². The molecule has 0 bridgehead atoms. The van der Waals surface area contributed by atoms with Gasteiger partial charge in [-0.2, -0.15) is 0 Å². The summed E-state index contributed by atoms with van der Waals surface area (Å²) in [6.07, 6.45) is 2.10. The minimum Gasteiger partial charge on any atom is -0.304 e. The van der Waals surface area contributed by atoms with Gasteiger partial charge in [-0.3, -0.25) is 14.4 Å². The van der Waals surface area contributed by atoms with Crippen molar-refractivity contribution >= 4 is 29.5 Å². The molecule has 0 aromatic carbocycles. The average Bonchev–Trinajstić information content (AvgIpc) is 2.84. The first kappa shape index (κ1) is 16.8. The van der Waals surface area contributed by atoms with E-state index >= 15 is 0 Å². The SMILES string of the molecule is CON1C(=O)CN(CSCC23C(=O)C(C)CCC2C3(C)C)C1=O. The van der Waals surface area contributed by atoms with Gasteiger partial charge in [-0.25, -0.2) is 4.79 Å². The number of amides is 3. The zero-order chi connectivity index (χ0) is 17.0. The Kier molecular flexibility index (Phi) is 3.99. The summed E-state index contributed by atoms with van der Waals surface area (Å²) in [7, 11) is 1.31. The molecule has 3 fully saturated rings. The van der Waals surface area contributed by atoms with Crippen molar-refractivity contribution in [3.8, 4) is 0 Å². The Bertz CT molecular complexity index is 564. The first-order chi connectivity index (χ1) is 10.8. The van der Waals surface area contributed by atoms with Gasteiger partial charge >= 0.3 is 6.03 Å². The van der Waals surface area contributed by atoms with Crippen molar-refractivity contribution < 1.29 is 19.2 Å². The molecule has 1 heterocycles. The molecule has 23 heavy (non-hydrogen) atoms. The normalized spacial score (nSPS) is 35.7. The van der Waals surface area contributed by atoms with Gasteiger partial charge in [0.2, 0.25) is 0 Å². The molecule has 7 heteroatoms. The first-order valence-electron chi connectivity index (χ1n) is 8.05. The van der Waals surface area contributed by atoms with Gasteiger partial charge < -0.3 is 4.90 Å². The fourth-order valence-electron chi connectivity index (χ4n) is 4.54. The molecule has 0 spiro atoms. The van der Waals surface area contributed by atoms with Crippen LogP contribution in [0.15, 0.2) is 0 Å². The molecule has 1 saturated heterocycles. The number of imide groups is 1. The van der Waals surface area contributed by atoms with E-state index in [1.807, 2.05) is 6.92 Å². The minimum absolute atomic E-state index is 0.0455. The van der Waals surface area contributed by atoms with Crippen molar-refractivity contribution in [3.05, 3.63) is 0 Å². The number of fused-ring (bicyclic) bond motifs is 1. The van der Waals surface area contributed by atoms with Crippen LogP contribution < -0.4 is 0 Å². The Hall–Kier alpha value is -1.08. The fraction of sp³-hybridized carbons (Fsp3) is 0.812. The number of nitrogens with zero attached hydrogens (tertiary/aromatic N) is 2. The van der Waals surface area contributed by atoms with Crippen LogP contribution in [-0.4, -0.2) is 53.0 Å². The maximum atomic E-state index is 12.8. The second-order valence-electron chi connectivity index (χ2n) is 7.42. The maximum absolute atomic E-state index is 12.8. The number of carbonyl (C=O) groups excluding carboxylic acids is 3. The van der Waals surface area contributed by atoms with Crippen molar-refractivity contribution in [1.29, 1.82) is 0 Å². The molecular formula is C16H24N2O4S. The highest BCUT2D eigenvalue weighted by molar-refractivity contribution is 7.99. The van der Waals surface area contributed by atoms with E-state index in [0.717, 1.165) is 23.7 Å². The van der Waals surface area contributed by atoms with Gasteiger partial charge in [-0.05, 0) is 24.2 Å². The zero-order valence-electron chi connectivity index (χ0n) is 14.1. The molecule has 2 saturated carbocycles. The van der Waals surface area contributed by atoms with Crippen molar-refractivity contribution in [3.63, 3.8) is 0 Å². The van der Waals surface area contributed by atoms with Crippen molar-refractivity contribution in [2.45, 2.75) is 33.6 Å². The molecular weight excluding hydrogens is 316 g/mol. The highest BCUT2D eigenvalue weighted by atomic mass is 32.2. The van der Waals surface area contributed by atoms with Gasteiger partial charge in [0.05, 0.1) is 13.0 Å². The molecule has 3 rings (SSSR count). The summed E-state index contributed by atoms with van der Waals surface area (Å²) in [4.78, 5) is 42.6. The number of carbonyl (C=O) groups is 3. The number of thioether (sulfide) groups is 1. The number of urea groups is 1. The second kappa shape index (κ2) is 5.48. The smallest absolute Gasteiger partial charge is 0.304 e. The number of hydrogen-bond acceptors (Lipinski definition) is 5. The monoisotopic (exact) mass is 340 g/mol. The maximum Gasteiger partial charge on any atom is 0.352 e. The predicted molar refractivity (Wildman–Crippen MR) is 86.4 cm³/mol. The fourth-order valence-corrected chi connectivity index (χ4v) is 6.09. The third-order valence-corrected chi connectivity index (χ3v) is 7.22. The van der Waals surface area contributed by atoms with Crippen LogP contribution in [0, 0.1) is 22.7 Å². The number of Topliss-reactive ketones (excluding diaryl/α,β-unsaturated/α-hetero) is 1. The van der Waals surface area contributed by atoms with E-state index in [-0.39, 0.29) is 29.2 Å². The summed E-state index contributed by atoms with van der Waals surface area (Å²) in [6, 6.07) is -0.419. The molecule has 0 aromatic heterocycles. The first-order valence-corrected chi connectivity index (χ1v) is 9.21. The molecule has 3 amide bonds. The van der Waals surface area contributed by atoms with Crippen LogP contribution in [0.25, 0.3) is 0 Å². The minimum atomic E-state index is -0.419. The Morgan fingerprint density at radius 3 is 2.57 bits per heavy atom. The van der Waals surface area contributed by atoms with Crippen LogP contribution in [0.4, 0.5) is 4.79 Å². The molecule has 0 N–H and O–H groups in total. The second-order valence-corrected chi connectivity index (χ2v) is 8.37. The van der Waals surface area contributed by atoms with E-state index in [1.165, 1.54) is 12.0 Å². The Morgan fingerprint density at radius 1 is 1.26 bits per heavy atom. The lowest BCUT2D eigenvalue weighted by Crippen LogP contribution is -2.35. The van der Waals surface area contributed by atoms with Gasteiger partial charge in [0.25, 0.3) is 5.91 Å². The molecule has 0 radical (unpaired) electrons. The third kappa shape index (κ3) is 2.23. The summed E-state index contributed by atoms with van der Waals surface area (Å²) in [5.41, 5.74) is -0.200. The average molecular weight is 340 g/mol. The molecule has 3 unspecified atom stereocenters. The molecule has 1 aliphatic heterocycles. The molecule has 3 aliphatic rings. The zero-order valence-corrected chi connectivity index (χ0v) is 14.9. The molecule has 0 aromatic rings. The lowest BCUT2D eigenvalue weighted by atomic mass is 9.80. The van der Waals surface area contributed by atoms with Crippen LogP contribution in [0.2, 0.25) is 0 Å². The third-order valence-electron chi connectivity index (χ3n) is 6.06. The van der Waals surface area contributed by atoms with Crippen LogP contribution >= 0.6 is 11.8 Å². The summed E-state index contributed by atoms with van der Waals surface area (Å²) in [5, 5.41) is 0.788. The van der Waals surface area contributed by atoms with E-state index in [1.54, 1.807) is 11.8 Å². The van der Waals surface area contributed by atoms with Crippen molar-refractivity contribution in [1.82, 2.24) is 9.96 Å². The highest BCUT2D eigenvalue weighted by Crippen LogP contribution is 2.74. The Morgan fingerprint density at radius 2 is 1.96 bits per heavy atom. The van der Waals surface area contributed by atoms with Gasteiger partial charge in [0.15, 0.2) is 0 Å². The molecule has 3 atom stereocenters. The highest BCUT2D eigenvalue weighted by Gasteiger charge is 2.75.